The summed E-state index contributed by atoms with van der Waals surface area (Å²) in [5, 5.41) is 8.19. The van der Waals surface area contributed by atoms with Crippen molar-refractivity contribution in [2.24, 2.45) is 11.8 Å². The molecule has 74 heavy (non-hydrogen) atoms. The van der Waals surface area contributed by atoms with Crippen LogP contribution < -0.4 is 0 Å². The first kappa shape index (κ1) is 42.9. The van der Waals surface area contributed by atoms with Gasteiger partial charge in [0.1, 0.15) is 22.7 Å². The molecule has 4 heterocycles. The third-order valence-corrected chi connectivity index (χ3v) is 19.7. The van der Waals surface area contributed by atoms with Gasteiger partial charge in [0.15, 0.2) is 23.1 Å². The Hall–Kier alpha value is -7.52. The van der Waals surface area contributed by atoms with E-state index in [-0.39, 0.29) is 46.1 Å². The van der Waals surface area contributed by atoms with Crippen molar-refractivity contribution >= 4 is 112 Å². The Morgan fingerprint density at radius 1 is 0.405 bits per heavy atom. The Balaban J connectivity index is 0.757. The van der Waals surface area contributed by atoms with Crippen molar-refractivity contribution in [2.45, 2.75) is 75.4 Å². The molecule has 358 valence electrons. The summed E-state index contributed by atoms with van der Waals surface area (Å²) in [6.07, 6.45) is 23.2. The zero-order chi connectivity index (χ0) is 49.2. The van der Waals surface area contributed by atoms with Gasteiger partial charge in [-0.15, -0.1) is 22.7 Å². The lowest BCUT2D eigenvalue weighted by atomic mass is 9.72. The molecule has 0 radical (unpaired) electrons. The summed E-state index contributed by atoms with van der Waals surface area (Å²) in [6.45, 7) is 0. The highest BCUT2D eigenvalue weighted by Gasteiger charge is 2.49. The van der Waals surface area contributed by atoms with E-state index in [4.69, 9.17) is 9.47 Å². The van der Waals surface area contributed by atoms with Gasteiger partial charge in [0, 0.05) is 75.9 Å². The first-order valence-electron chi connectivity index (χ1n) is 26.3. The molecule has 2 spiro atoms. The lowest BCUT2D eigenvalue weighted by molar-refractivity contribution is -0.0339. The van der Waals surface area contributed by atoms with Crippen LogP contribution in [0, 0.1) is 11.8 Å². The molecule has 0 saturated heterocycles. The van der Waals surface area contributed by atoms with Gasteiger partial charge in [-0.05, 0) is 179 Å². The molecule has 6 aromatic carbocycles. The highest BCUT2D eigenvalue weighted by Crippen LogP contribution is 2.59. The minimum Gasteiger partial charge on any atom is -0.482 e. The molecule has 2 saturated carbocycles. The molecular formula is C66H46O6S2. The van der Waals surface area contributed by atoms with Crippen LogP contribution in [0.2, 0.25) is 0 Å². The molecule has 6 nitrogen and oxygen atoms in total. The van der Waals surface area contributed by atoms with Crippen molar-refractivity contribution < 1.29 is 28.7 Å². The molecule has 8 aliphatic rings. The largest absolute Gasteiger partial charge is 0.482 e. The van der Waals surface area contributed by atoms with Crippen LogP contribution >= 0.6 is 22.7 Å². The quantitative estimate of drug-likeness (QED) is 0.0974. The van der Waals surface area contributed by atoms with Gasteiger partial charge >= 0.3 is 0 Å². The molecule has 2 atom stereocenters. The maximum absolute atomic E-state index is 14.2. The standard InChI is InChI=1S/C66H46O6S2/c67-59-47-23-39-19-35-11-3-4-12-36(35)20-40(39)24-48(47)60(68)53(59)31-45-33-55-63(73-45)51-27-44-30-58-52(28-43(44)29-57(51)71-65(55)15-7-1-8-16-65)64-56(66(72-58)17-9-2-10-18-66)34-46(74-64)32-54-61(69)49-25-41-21-37-13-5-6-14-38(37)22-42(41)26-50(49)62(54)70/h3-6,11-14,19-34,43-44H,1-2,7-10,15-18H2. The average Bonchev–Trinajstić information content (AvgIpc) is 4.18. The van der Waals surface area contributed by atoms with Crippen molar-refractivity contribution in [2.75, 3.05) is 0 Å². The first-order valence-corrected chi connectivity index (χ1v) is 27.9. The minimum absolute atomic E-state index is 0.00982. The van der Waals surface area contributed by atoms with Crippen molar-refractivity contribution in [3.05, 3.63) is 209 Å². The monoisotopic (exact) mass is 998 g/mol. The van der Waals surface area contributed by atoms with Gasteiger partial charge in [-0.3, -0.25) is 19.2 Å². The average molecular weight is 999 g/mol. The SMILES string of the molecule is O=C1C(=Cc2cc3c(s2)C2=CC4C=C5OC6(CCCCC6)c6cc(C=C7C(=O)c8cc9cc%10ccccc%10cc9cc8C7=O)sc6C5=CC4C=C2OC32CCCCC2)C(=O)c2cc3cc4ccccc4cc3cc21. The van der Waals surface area contributed by atoms with Crippen molar-refractivity contribution in [3.8, 4) is 0 Å². The molecule has 6 aliphatic carbocycles. The molecule has 2 aliphatic heterocycles. The van der Waals surface area contributed by atoms with E-state index in [1.165, 1.54) is 0 Å². The number of carbonyl (C=O) groups is 4. The predicted molar refractivity (Wildman–Crippen MR) is 296 cm³/mol. The zero-order valence-corrected chi connectivity index (χ0v) is 42.0. The van der Waals surface area contributed by atoms with Crippen LogP contribution in [0.15, 0.2) is 156 Å². The Labute approximate surface area is 434 Å². The Kier molecular flexibility index (Phi) is 9.00. The van der Waals surface area contributed by atoms with E-state index >= 15 is 0 Å². The molecule has 2 aromatic heterocycles. The third kappa shape index (κ3) is 6.21. The number of allylic oxidation sites excluding steroid dienone is 8. The van der Waals surface area contributed by atoms with Crippen molar-refractivity contribution in [3.63, 3.8) is 0 Å². The Morgan fingerprint density at radius 3 is 1.08 bits per heavy atom. The number of thiophene rings is 2. The molecule has 2 unspecified atom stereocenters. The molecule has 0 amide bonds. The maximum Gasteiger partial charge on any atom is 0.197 e. The van der Waals surface area contributed by atoms with Crippen molar-refractivity contribution in [1.82, 2.24) is 0 Å². The molecule has 2 fully saturated rings. The lowest BCUT2D eigenvalue weighted by Gasteiger charge is -2.46. The summed E-state index contributed by atoms with van der Waals surface area (Å²) in [5.41, 5.74) is 5.77. The van der Waals surface area contributed by atoms with Crippen LogP contribution in [0.25, 0.3) is 66.4 Å². The van der Waals surface area contributed by atoms with E-state index < -0.39 is 11.2 Å². The fraction of sp³-hybridized carbons (Fsp3) is 0.212. The van der Waals surface area contributed by atoms with Gasteiger partial charge in [0.05, 0.1) is 11.1 Å². The second-order valence-corrected chi connectivity index (χ2v) is 24.0. The zero-order valence-electron chi connectivity index (χ0n) is 40.3. The fourth-order valence-corrected chi connectivity index (χ4v) is 16.2. The van der Waals surface area contributed by atoms with Crippen LogP contribution in [0.5, 0.6) is 0 Å². The summed E-state index contributed by atoms with van der Waals surface area (Å²) in [7, 11) is 0. The van der Waals surface area contributed by atoms with Crippen LogP contribution in [-0.2, 0) is 20.7 Å². The molecule has 0 N–H and O–H groups in total. The fourth-order valence-electron chi connectivity index (χ4n) is 13.8. The number of hydrogen-bond donors (Lipinski definition) is 0. The van der Waals surface area contributed by atoms with Gasteiger partial charge in [0.25, 0.3) is 0 Å². The second kappa shape index (κ2) is 15.5. The van der Waals surface area contributed by atoms with Crippen LogP contribution in [-0.4, -0.2) is 23.1 Å². The molecule has 0 bridgehead atoms. The number of Topliss-reactive ketones (excluding diaryl/α,β-unsaturated/α-hetero) is 4. The number of rotatable bonds is 2. The number of benzene rings is 6. The predicted octanol–water partition coefficient (Wildman–Crippen LogP) is 16.2. The topological polar surface area (TPSA) is 86.7 Å². The summed E-state index contributed by atoms with van der Waals surface area (Å²) in [4.78, 5) is 60.8. The first-order chi connectivity index (χ1) is 36.2. The van der Waals surface area contributed by atoms with Crippen LogP contribution in [0.4, 0.5) is 0 Å². The number of ether oxygens (including phenoxy) is 2. The number of carbonyl (C=O) groups excluding carboxylic acids is 4. The number of fused-ring (bicyclic) bond motifs is 15. The number of ketones is 4. The van der Waals surface area contributed by atoms with E-state index in [1.807, 2.05) is 60.7 Å². The highest BCUT2D eigenvalue weighted by molar-refractivity contribution is 7.14. The molecule has 8 aromatic rings. The second-order valence-electron chi connectivity index (χ2n) is 21.8. The minimum atomic E-state index is -0.494. The van der Waals surface area contributed by atoms with E-state index in [9.17, 15) is 19.2 Å². The molecule has 8 heteroatoms. The van der Waals surface area contributed by atoms with E-state index in [0.717, 1.165) is 161 Å². The Morgan fingerprint density at radius 2 is 0.743 bits per heavy atom. The van der Waals surface area contributed by atoms with Crippen molar-refractivity contribution in [1.29, 1.82) is 0 Å². The van der Waals surface area contributed by atoms with Crippen LogP contribution in [0.3, 0.4) is 0 Å². The summed E-state index contributed by atoms with van der Waals surface area (Å²) in [5.74, 6) is 0.925. The van der Waals surface area contributed by atoms with Crippen LogP contribution in [0.1, 0.15) is 136 Å². The van der Waals surface area contributed by atoms with Gasteiger partial charge in [-0.2, -0.15) is 0 Å². The van der Waals surface area contributed by atoms with E-state index in [1.54, 1.807) is 22.7 Å². The molecular weight excluding hydrogens is 953 g/mol. The third-order valence-electron chi connectivity index (χ3n) is 17.5. The van der Waals surface area contributed by atoms with Gasteiger partial charge < -0.3 is 9.47 Å². The normalized spacial score (nSPS) is 21.8. The summed E-state index contributed by atoms with van der Waals surface area (Å²) < 4.78 is 14.6. The maximum atomic E-state index is 14.2. The van der Waals surface area contributed by atoms with Gasteiger partial charge in [-0.1, -0.05) is 73.5 Å². The highest BCUT2D eigenvalue weighted by atomic mass is 32.1. The van der Waals surface area contributed by atoms with E-state index in [0.29, 0.717) is 22.3 Å². The van der Waals surface area contributed by atoms with E-state index in [2.05, 4.69) is 85.0 Å². The van der Waals surface area contributed by atoms with Gasteiger partial charge in [-0.25, -0.2) is 0 Å². The molecule has 16 rings (SSSR count). The summed E-state index contributed by atoms with van der Waals surface area (Å²) in [6, 6.07) is 36.7. The van der Waals surface area contributed by atoms with Gasteiger partial charge in [0.2, 0.25) is 0 Å². The lowest BCUT2D eigenvalue weighted by Crippen LogP contribution is -2.37. The smallest absolute Gasteiger partial charge is 0.197 e. The number of hydrogen-bond acceptors (Lipinski definition) is 8. The summed E-state index contributed by atoms with van der Waals surface area (Å²) >= 11 is 3.31. The Bertz CT molecular complexity index is 3760.